The quantitative estimate of drug-likeness (QED) is 0.677. The maximum atomic E-state index is 6.07. The third-order valence-electron chi connectivity index (χ3n) is 3.04. The molecule has 0 saturated carbocycles. The molecule has 0 aliphatic heterocycles. The van der Waals surface area contributed by atoms with Crippen LogP contribution in [-0.2, 0) is 6.54 Å². The Morgan fingerprint density at radius 1 is 1.11 bits per heavy atom. The van der Waals surface area contributed by atoms with Gasteiger partial charge in [0.25, 0.3) is 0 Å². The molecule has 3 aromatic rings. The summed E-state index contributed by atoms with van der Waals surface area (Å²) in [6.07, 6.45) is 1.95. The molecule has 0 fully saturated rings. The molecule has 0 radical (unpaired) electrons. The van der Waals surface area contributed by atoms with Crippen LogP contribution >= 0.6 is 27.5 Å². The number of rotatable bonds is 3. The molecule has 0 amide bonds. The summed E-state index contributed by atoms with van der Waals surface area (Å²) >= 11 is 9.45. The summed E-state index contributed by atoms with van der Waals surface area (Å²) in [4.78, 5) is 3.22. The highest BCUT2D eigenvalue weighted by molar-refractivity contribution is 9.10. The van der Waals surface area contributed by atoms with E-state index >= 15 is 0 Å². The number of aromatic amines is 1. The first-order valence-electron chi connectivity index (χ1n) is 5.97. The van der Waals surface area contributed by atoms with Crippen LogP contribution in [0, 0.1) is 0 Å². The molecule has 0 aliphatic carbocycles. The van der Waals surface area contributed by atoms with Crippen LogP contribution in [-0.4, -0.2) is 4.98 Å². The van der Waals surface area contributed by atoms with Crippen LogP contribution in [0.2, 0.25) is 5.02 Å². The zero-order valence-electron chi connectivity index (χ0n) is 10.1. The predicted molar refractivity (Wildman–Crippen MR) is 84.8 cm³/mol. The summed E-state index contributed by atoms with van der Waals surface area (Å²) in [6, 6.07) is 14.3. The molecule has 0 spiro atoms. The fourth-order valence-corrected chi connectivity index (χ4v) is 2.44. The number of hydrogen-bond acceptors (Lipinski definition) is 1. The van der Waals surface area contributed by atoms with Gasteiger partial charge in [0.05, 0.1) is 5.02 Å². The smallest absolute Gasteiger partial charge is 0.0568 e. The molecule has 1 heterocycles. The van der Waals surface area contributed by atoms with Crippen molar-refractivity contribution >= 4 is 44.1 Å². The summed E-state index contributed by atoms with van der Waals surface area (Å²) in [6.45, 7) is 0.771. The molecule has 2 aromatic carbocycles. The molecule has 0 aliphatic rings. The molecular weight excluding hydrogens is 324 g/mol. The molecule has 2 N–H and O–H groups in total. The van der Waals surface area contributed by atoms with Crippen molar-refractivity contribution in [2.24, 2.45) is 0 Å². The van der Waals surface area contributed by atoms with Crippen LogP contribution in [0.15, 0.2) is 53.1 Å². The van der Waals surface area contributed by atoms with Gasteiger partial charge in [-0.1, -0.05) is 23.7 Å². The van der Waals surface area contributed by atoms with Crippen LogP contribution < -0.4 is 5.32 Å². The third-order valence-corrected chi connectivity index (χ3v) is 4.27. The first-order chi connectivity index (χ1) is 9.22. The van der Waals surface area contributed by atoms with Crippen LogP contribution in [0.3, 0.4) is 0 Å². The Kier molecular flexibility index (Phi) is 3.49. The van der Waals surface area contributed by atoms with Gasteiger partial charge in [0.15, 0.2) is 0 Å². The molecule has 0 unspecified atom stereocenters. The first-order valence-corrected chi connectivity index (χ1v) is 7.14. The van der Waals surface area contributed by atoms with Crippen molar-refractivity contribution < 1.29 is 0 Å². The molecule has 4 heteroatoms. The fourth-order valence-electron chi connectivity index (χ4n) is 2.02. The average Bonchev–Trinajstić information content (AvgIpc) is 2.87. The van der Waals surface area contributed by atoms with Crippen molar-refractivity contribution in [3.8, 4) is 0 Å². The highest BCUT2D eigenvalue weighted by Gasteiger charge is 2.00. The van der Waals surface area contributed by atoms with Gasteiger partial charge in [-0.2, -0.15) is 0 Å². The molecule has 0 saturated heterocycles. The highest BCUT2D eigenvalue weighted by Crippen LogP contribution is 2.26. The van der Waals surface area contributed by atoms with Gasteiger partial charge in [-0.05, 0) is 57.2 Å². The fraction of sp³-hybridized carbons (Fsp3) is 0.0667. The molecular formula is C15H12BrClN2. The second kappa shape index (κ2) is 5.27. The highest BCUT2D eigenvalue weighted by atomic mass is 79.9. The van der Waals surface area contributed by atoms with Crippen molar-refractivity contribution in [1.82, 2.24) is 4.98 Å². The molecule has 19 heavy (non-hydrogen) atoms. The van der Waals surface area contributed by atoms with E-state index in [1.807, 2.05) is 24.4 Å². The monoisotopic (exact) mass is 334 g/mol. The Labute approximate surface area is 124 Å². The summed E-state index contributed by atoms with van der Waals surface area (Å²) < 4.78 is 0.910. The molecule has 0 bridgehead atoms. The summed E-state index contributed by atoms with van der Waals surface area (Å²) in [5.74, 6) is 0. The average molecular weight is 336 g/mol. The van der Waals surface area contributed by atoms with Crippen LogP contribution in [0.5, 0.6) is 0 Å². The summed E-state index contributed by atoms with van der Waals surface area (Å²) in [5.41, 5.74) is 3.40. The van der Waals surface area contributed by atoms with Gasteiger partial charge in [0.1, 0.15) is 0 Å². The Morgan fingerprint density at radius 3 is 2.84 bits per heavy atom. The van der Waals surface area contributed by atoms with E-state index in [1.54, 1.807) is 0 Å². The molecule has 3 rings (SSSR count). The second-order valence-corrected chi connectivity index (χ2v) is 5.64. The normalized spacial score (nSPS) is 10.8. The lowest BCUT2D eigenvalue weighted by Crippen LogP contribution is -1.99. The second-order valence-electron chi connectivity index (χ2n) is 4.38. The minimum atomic E-state index is 0.713. The minimum Gasteiger partial charge on any atom is -0.381 e. The number of halogens is 2. The van der Waals surface area contributed by atoms with E-state index in [-0.39, 0.29) is 0 Å². The van der Waals surface area contributed by atoms with E-state index in [1.165, 1.54) is 10.9 Å². The number of anilines is 1. The van der Waals surface area contributed by atoms with Gasteiger partial charge < -0.3 is 10.3 Å². The number of fused-ring (bicyclic) bond motifs is 1. The van der Waals surface area contributed by atoms with E-state index < -0.39 is 0 Å². The maximum absolute atomic E-state index is 6.07. The Bertz CT molecular complexity index is 721. The Morgan fingerprint density at radius 2 is 2.00 bits per heavy atom. The molecule has 0 atom stereocenters. The van der Waals surface area contributed by atoms with Gasteiger partial charge in [-0.15, -0.1) is 0 Å². The standard InChI is InChI=1S/C15H12BrClN2/c16-13-4-3-12(8-14(13)17)19-9-10-1-2-11-5-6-18-15(11)7-10/h1-8,18-19H,9H2. The Balaban J connectivity index is 1.75. The van der Waals surface area contributed by atoms with Crippen LogP contribution in [0.1, 0.15) is 5.56 Å². The lowest BCUT2D eigenvalue weighted by atomic mass is 10.1. The van der Waals surface area contributed by atoms with Gasteiger partial charge in [-0.25, -0.2) is 0 Å². The van der Waals surface area contributed by atoms with Crippen molar-refractivity contribution in [2.75, 3.05) is 5.32 Å². The topological polar surface area (TPSA) is 27.8 Å². The van der Waals surface area contributed by atoms with E-state index in [0.29, 0.717) is 5.02 Å². The van der Waals surface area contributed by atoms with Crippen molar-refractivity contribution in [3.05, 3.63) is 63.7 Å². The zero-order valence-corrected chi connectivity index (χ0v) is 12.4. The number of nitrogens with one attached hydrogen (secondary N) is 2. The lowest BCUT2D eigenvalue weighted by Gasteiger charge is -2.08. The van der Waals surface area contributed by atoms with Gasteiger partial charge in [0.2, 0.25) is 0 Å². The van der Waals surface area contributed by atoms with Gasteiger partial charge in [0, 0.05) is 28.4 Å². The number of hydrogen-bond donors (Lipinski definition) is 2. The maximum Gasteiger partial charge on any atom is 0.0568 e. The minimum absolute atomic E-state index is 0.713. The summed E-state index contributed by atoms with van der Waals surface area (Å²) in [5, 5.41) is 5.31. The SMILES string of the molecule is Clc1cc(NCc2ccc3cc[nH]c3c2)ccc1Br. The summed E-state index contributed by atoms with van der Waals surface area (Å²) in [7, 11) is 0. The molecule has 96 valence electrons. The van der Waals surface area contributed by atoms with E-state index in [2.05, 4.69) is 50.5 Å². The third kappa shape index (κ3) is 2.77. The molecule has 2 nitrogen and oxygen atoms in total. The Hall–Kier alpha value is -1.45. The van der Waals surface area contributed by atoms with Gasteiger partial charge >= 0.3 is 0 Å². The van der Waals surface area contributed by atoms with Gasteiger partial charge in [-0.3, -0.25) is 0 Å². The van der Waals surface area contributed by atoms with Crippen molar-refractivity contribution in [1.29, 1.82) is 0 Å². The lowest BCUT2D eigenvalue weighted by molar-refractivity contribution is 1.15. The first kappa shape index (κ1) is 12.6. The predicted octanol–water partition coefficient (Wildman–Crippen LogP) is 5.20. The van der Waals surface area contributed by atoms with E-state index in [0.717, 1.165) is 22.2 Å². The number of H-pyrrole nitrogens is 1. The van der Waals surface area contributed by atoms with Crippen LogP contribution in [0.4, 0.5) is 5.69 Å². The van der Waals surface area contributed by atoms with E-state index in [4.69, 9.17) is 11.6 Å². The number of benzene rings is 2. The number of aromatic nitrogens is 1. The zero-order chi connectivity index (χ0) is 13.2. The molecule has 1 aromatic heterocycles. The van der Waals surface area contributed by atoms with Crippen LogP contribution in [0.25, 0.3) is 10.9 Å². The van der Waals surface area contributed by atoms with Crippen molar-refractivity contribution in [2.45, 2.75) is 6.54 Å². The van der Waals surface area contributed by atoms with E-state index in [9.17, 15) is 0 Å². The largest absolute Gasteiger partial charge is 0.381 e. The van der Waals surface area contributed by atoms with Crippen molar-refractivity contribution in [3.63, 3.8) is 0 Å².